The van der Waals surface area contributed by atoms with Crippen molar-refractivity contribution in [3.05, 3.63) is 87.7 Å². The third-order valence-electron chi connectivity index (χ3n) is 4.29. The van der Waals surface area contributed by atoms with Gasteiger partial charge in [0.1, 0.15) is 5.82 Å². The number of aromatic hydroxyl groups is 1. The van der Waals surface area contributed by atoms with Gasteiger partial charge in [0.05, 0.1) is 15.5 Å². The summed E-state index contributed by atoms with van der Waals surface area (Å²) in [5, 5.41) is 22.9. The Morgan fingerprint density at radius 1 is 1.10 bits per heavy atom. The Morgan fingerprint density at radius 3 is 2.45 bits per heavy atom. The SMILES string of the molecule is Cc1ccc(NC(=O)c2ccc([N+](=O)[O-])c(O)c2)cc1S(=O)(=O)Nc1ccccc1F. The molecule has 0 aliphatic rings. The summed E-state index contributed by atoms with van der Waals surface area (Å²) in [5.41, 5.74) is -0.382. The van der Waals surface area contributed by atoms with E-state index in [2.05, 4.69) is 10.0 Å². The standard InChI is InChI=1S/C20H16FN3O6S/c1-12-6-8-14(22-20(26)13-7-9-17(24(27)28)18(25)10-13)11-19(12)31(29,30)23-16-5-3-2-4-15(16)21/h2-11,23,25H,1H3,(H,22,26). The first-order valence-electron chi connectivity index (χ1n) is 8.75. The lowest BCUT2D eigenvalue weighted by molar-refractivity contribution is -0.385. The zero-order valence-corrected chi connectivity index (χ0v) is 16.8. The van der Waals surface area contributed by atoms with Crippen LogP contribution in [-0.2, 0) is 10.0 Å². The van der Waals surface area contributed by atoms with Crippen LogP contribution in [0.25, 0.3) is 0 Å². The van der Waals surface area contributed by atoms with Gasteiger partial charge >= 0.3 is 5.69 Å². The third kappa shape index (κ3) is 4.78. The van der Waals surface area contributed by atoms with Gasteiger partial charge in [0.25, 0.3) is 15.9 Å². The minimum atomic E-state index is -4.17. The van der Waals surface area contributed by atoms with Crippen molar-refractivity contribution in [2.45, 2.75) is 11.8 Å². The van der Waals surface area contributed by atoms with Gasteiger partial charge in [0.2, 0.25) is 0 Å². The number of hydrogen-bond donors (Lipinski definition) is 3. The van der Waals surface area contributed by atoms with Crippen LogP contribution in [0.15, 0.2) is 65.6 Å². The molecule has 11 heteroatoms. The number of hydrogen-bond acceptors (Lipinski definition) is 6. The first kappa shape index (κ1) is 21.7. The maximum Gasteiger partial charge on any atom is 0.310 e. The summed E-state index contributed by atoms with van der Waals surface area (Å²) < 4.78 is 41.5. The van der Waals surface area contributed by atoms with Crippen LogP contribution in [0.1, 0.15) is 15.9 Å². The Morgan fingerprint density at radius 2 is 1.81 bits per heavy atom. The van der Waals surface area contributed by atoms with Crippen molar-refractivity contribution in [2.24, 2.45) is 0 Å². The number of amides is 1. The normalized spacial score (nSPS) is 11.0. The van der Waals surface area contributed by atoms with E-state index in [1.807, 2.05) is 0 Å². The Hall–Kier alpha value is -3.99. The Labute approximate surface area is 176 Å². The number of sulfonamides is 1. The Bertz CT molecular complexity index is 1290. The number of phenolic OH excluding ortho intramolecular Hbond substituents is 1. The summed E-state index contributed by atoms with van der Waals surface area (Å²) >= 11 is 0. The molecule has 3 aromatic rings. The molecule has 0 atom stereocenters. The van der Waals surface area contributed by atoms with Crippen molar-refractivity contribution in [2.75, 3.05) is 10.0 Å². The molecule has 31 heavy (non-hydrogen) atoms. The second kappa shape index (κ2) is 8.40. The number of carbonyl (C=O) groups excluding carboxylic acids is 1. The molecule has 0 saturated carbocycles. The van der Waals surface area contributed by atoms with Crippen LogP contribution in [-0.4, -0.2) is 24.4 Å². The maximum absolute atomic E-state index is 13.8. The van der Waals surface area contributed by atoms with Gasteiger partial charge in [-0.3, -0.25) is 19.6 Å². The summed E-state index contributed by atoms with van der Waals surface area (Å²) in [5.74, 6) is -2.15. The minimum Gasteiger partial charge on any atom is -0.502 e. The number of aryl methyl sites for hydroxylation is 1. The minimum absolute atomic E-state index is 0.0717. The van der Waals surface area contributed by atoms with E-state index in [0.29, 0.717) is 5.56 Å². The van der Waals surface area contributed by atoms with Crippen LogP contribution < -0.4 is 10.0 Å². The molecule has 0 fully saturated rings. The number of halogens is 1. The number of benzene rings is 3. The number of nitro benzene ring substituents is 1. The van der Waals surface area contributed by atoms with Crippen LogP contribution in [0, 0.1) is 22.9 Å². The highest BCUT2D eigenvalue weighted by atomic mass is 32.2. The monoisotopic (exact) mass is 445 g/mol. The largest absolute Gasteiger partial charge is 0.502 e. The number of carbonyl (C=O) groups is 1. The van der Waals surface area contributed by atoms with Gasteiger partial charge in [-0.15, -0.1) is 0 Å². The van der Waals surface area contributed by atoms with Crippen molar-refractivity contribution in [3.63, 3.8) is 0 Å². The van der Waals surface area contributed by atoms with Crippen molar-refractivity contribution in [1.29, 1.82) is 0 Å². The summed E-state index contributed by atoms with van der Waals surface area (Å²) in [4.78, 5) is 22.2. The number of para-hydroxylation sites is 1. The third-order valence-corrected chi connectivity index (χ3v) is 5.80. The lowest BCUT2D eigenvalue weighted by atomic mass is 10.1. The van der Waals surface area contributed by atoms with E-state index >= 15 is 0 Å². The summed E-state index contributed by atoms with van der Waals surface area (Å²) in [6, 6.07) is 12.5. The molecule has 0 aliphatic heterocycles. The van der Waals surface area contributed by atoms with Crippen LogP contribution >= 0.6 is 0 Å². The van der Waals surface area contributed by atoms with Crippen LogP contribution in [0.5, 0.6) is 5.75 Å². The molecule has 0 bridgehead atoms. The molecule has 0 spiro atoms. The van der Waals surface area contributed by atoms with Crippen LogP contribution in [0.3, 0.4) is 0 Å². The molecule has 0 unspecified atom stereocenters. The highest BCUT2D eigenvalue weighted by Gasteiger charge is 2.20. The Balaban J connectivity index is 1.87. The second-order valence-corrected chi connectivity index (χ2v) is 8.13. The fraction of sp³-hybridized carbons (Fsp3) is 0.0500. The molecular weight excluding hydrogens is 429 g/mol. The smallest absolute Gasteiger partial charge is 0.310 e. The van der Waals surface area contributed by atoms with Gasteiger partial charge in [-0.1, -0.05) is 18.2 Å². The van der Waals surface area contributed by atoms with Crippen LogP contribution in [0.4, 0.5) is 21.5 Å². The first-order chi connectivity index (χ1) is 14.6. The van der Waals surface area contributed by atoms with Crippen molar-refractivity contribution in [3.8, 4) is 5.75 Å². The van der Waals surface area contributed by atoms with Crippen LogP contribution in [0.2, 0.25) is 0 Å². The van der Waals surface area contributed by atoms with E-state index in [9.17, 15) is 32.8 Å². The van der Waals surface area contributed by atoms with E-state index in [0.717, 1.165) is 24.3 Å². The lowest BCUT2D eigenvalue weighted by Gasteiger charge is -2.13. The average Bonchev–Trinajstić information content (AvgIpc) is 2.70. The quantitative estimate of drug-likeness (QED) is 0.390. The summed E-state index contributed by atoms with van der Waals surface area (Å²) in [7, 11) is -4.17. The summed E-state index contributed by atoms with van der Waals surface area (Å²) in [6.07, 6.45) is 0. The van der Waals surface area contributed by atoms with Crippen molar-refractivity contribution >= 4 is 33.0 Å². The summed E-state index contributed by atoms with van der Waals surface area (Å²) in [6.45, 7) is 1.54. The predicted octanol–water partition coefficient (Wildman–Crippen LogP) is 3.80. The zero-order valence-electron chi connectivity index (χ0n) is 16.0. The number of rotatable bonds is 6. The number of nitrogens with zero attached hydrogens (tertiary/aromatic N) is 1. The first-order valence-corrected chi connectivity index (χ1v) is 10.2. The molecule has 9 nitrogen and oxygen atoms in total. The van der Waals surface area contributed by atoms with Gasteiger partial charge in [-0.25, -0.2) is 12.8 Å². The second-order valence-electron chi connectivity index (χ2n) is 6.48. The van der Waals surface area contributed by atoms with Crippen molar-refractivity contribution < 1.29 is 27.6 Å². The average molecular weight is 445 g/mol. The van der Waals surface area contributed by atoms with E-state index in [4.69, 9.17) is 0 Å². The Kier molecular flexibility index (Phi) is 5.88. The fourth-order valence-electron chi connectivity index (χ4n) is 2.73. The van der Waals surface area contributed by atoms with Gasteiger partial charge in [-0.05, 0) is 48.9 Å². The lowest BCUT2D eigenvalue weighted by Crippen LogP contribution is -2.17. The molecule has 0 aromatic heterocycles. The van der Waals surface area contributed by atoms with Gasteiger partial charge in [0.15, 0.2) is 5.75 Å². The molecule has 0 aliphatic carbocycles. The molecule has 160 valence electrons. The van der Waals surface area contributed by atoms with Gasteiger partial charge in [-0.2, -0.15) is 0 Å². The molecule has 3 aromatic carbocycles. The highest BCUT2D eigenvalue weighted by molar-refractivity contribution is 7.92. The molecular formula is C20H16FN3O6S. The molecule has 0 radical (unpaired) electrons. The molecule has 0 saturated heterocycles. The fourth-order valence-corrected chi connectivity index (χ4v) is 4.07. The zero-order chi connectivity index (χ0) is 22.8. The van der Waals surface area contributed by atoms with Crippen molar-refractivity contribution in [1.82, 2.24) is 0 Å². The van der Waals surface area contributed by atoms with Gasteiger partial charge < -0.3 is 10.4 Å². The molecule has 0 heterocycles. The number of nitro groups is 1. The number of phenols is 1. The van der Waals surface area contributed by atoms with E-state index in [1.54, 1.807) is 0 Å². The molecule has 3 N–H and O–H groups in total. The molecule has 3 rings (SSSR count). The topological polar surface area (TPSA) is 139 Å². The van der Waals surface area contributed by atoms with E-state index in [1.165, 1.54) is 43.3 Å². The van der Waals surface area contributed by atoms with Gasteiger partial charge in [0, 0.05) is 17.3 Å². The molecule has 1 amide bonds. The van der Waals surface area contributed by atoms with E-state index in [-0.39, 0.29) is 21.8 Å². The maximum atomic E-state index is 13.8. The number of anilines is 2. The van der Waals surface area contributed by atoms with E-state index < -0.39 is 38.1 Å². The number of nitrogens with one attached hydrogen (secondary N) is 2. The predicted molar refractivity (Wildman–Crippen MR) is 111 cm³/mol. The highest BCUT2D eigenvalue weighted by Crippen LogP contribution is 2.28.